The molecule has 0 aliphatic heterocycles. The van der Waals surface area contributed by atoms with Crippen LogP contribution in [0.25, 0.3) is 0 Å². The summed E-state index contributed by atoms with van der Waals surface area (Å²) in [6, 6.07) is 2.21. The van der Waals surface area contributed by atoms with Gasteiger partial charge >= 0.3 is 0 Å². The van der Waals surface area contributed by atoms with Crippen LogP contribution in [0.4, 0.5) is 0 Å². The first-order valence-electron chi connectivity index (χ1n) is 7.02. The van der Waals surface area contributed by atoms with E-state index in [9.17, 15) is 0 Å². The summed E-state index contributed by atoms with van der Waals surface area (Å²) in [7, 11) is 3.70. The van der Waals surface area contributed by atoms with E-state index in [1.165, 1.54) is 16.7 Å². The third-order valence-electron chi connectivity index (χ3n) is 4.07. The minimum atomic E-state index is 0.00620. The molecule has 1 aromatic rings. The first kappa shape index (κ1) is 16.0. The van der Waals surface area contributed by atoms with E-state index < -0.39 is 0 Å². The van der Waals surface area contributed by atoms with Crippen molar-refractivity contribution in [1.29, 1.82) is 0 Å². The molecule has 0 aliphatic rings. The molecule has 3 nitrogen and oxygen atoms in total. The van der Waals surface area contributed by atoms with E-state index in [0.717, 1.165) is 24.3 Å². The van der Waals surface area contributed by atoms with Crippen LogP contribution in [-0.4, -0.2) is 20.7 Å². The maximum atomic E-state index is 6.51. The minimum Gasteiger partial charge on any atom is -0.496 e. The first-order chi connectivity index (χ1) is 8.97. The lowest BCUT2D eigenvalue weighted by Gasteiger charge is -2.27. The van der Waals surface area contributed by atoms with Crippen LogP contribution in [0.5, 0.6) is 5.75 Å². The number of benzene rings is 1. The number of nitrogens with two attached hydrogens (primary N) is 1. The molecule has 0 saturated heterocycles. The van der Waals surface area contributed by atoms with Gasteiger partial charge in [0.15, 0.2) is 0 Å². The van der Waals surface area contributed by atoms with E-state index >= 15 is 0 Å². The zero-order valence-corrected chi connectivity index (χ0v) is 13.1. The number of rotatable bonds is 6. The van der Waals surface area contributed by atoms with Crippen LogP contribution in [0.3, 0.4) is 0 Å². The van der Waals surface area contributed by atoms with Crippen LogP contribution in [0.15, 0.2) is 6.07 Å². The molecule has 0 amide bonds. The van der Waals surface area contributed by atoms with Crippen LogP contribution in [0.2, 0.25) is 0 Å². The Hall–Kier alpha value is -1.06. The van der Waals surface area contributed by atoms with Crippen LogP contribution < -0.4 is 15.8 Å². The van der Waals surface area contributed by atoms with Gasteiger partial charge < -0.3 is 15.8 Å². The lowest BCUT2D eigenvalue weighted by atomic mass is 9.86. The van der Waals surface area contributed by atoms with E-state index in [2.05, 4.69) is 39.1 Å². The average Bonchev–Trinajstić information content (AvgIpc) is 2.39. The highest BCUT2D eigenvalue weighted by molar-refractivity contribution is 5.51. The van der Waals surface area contributed by atoms with Crippen molar-refractivity contribution in [3.8, 4) is 5.75 Å². The van der Waals surface area contributed by atoms with Crippen molar-refractivity contribution < 1.29 is 4.74 Å². The van der Waals surface area contributed by atoms with Gasteiger partial charge in [-0.3, -0.25) is 0 Å². The molecule has 2 atom stereocenters. The second kappa shape index (κ2) is 6.92. The predicted molar refractivity (Wildman–Crippen MR) is 81.8 cm³/mol. The highest BCUT2D eigenvalue weighted by Crippen LogP contribution is 2.36. The molecular weight excluding hydrogens is 236 g/mol. The van der Waals surface area contributed by atoms with Crippen molar-refractivity contribution in [2.75, 3.05) is 20.7 Å². The molecule has 0 aromatic heterocycles. The second-order valence-corrected chi connectivity index (χ2v) is 5.33. The molecule has 3 N–H and O–H groups in total. The van der Waals surface area contributed by atoms with E-state index in [1.54, 1.807) is 7.11 Å². The molecular formula is C16H28N2O. The predicted octanol–water partition coefficient (Wildman–Crippen LogP) is 2.87. The maximum Gasteiger partial charge on any atom is 0.127 e. The largest absolute Gasteiger partial charge is 0.496 e. The number of hydrogen-bond donors (Lipinski definition) is 2. The number of aryl methyl sites for hydroxylation is 2. The van der Waals surface area contributed by atoms with Gasteiger partial charge in [-0.05, 0) is 57.0 Å². The van der Waals surface area contributed by atoms with Gasteiger partial charge in [0.05, 0.1) is 7.11 Å². The summed E-state index contributed by atoms with van der Waals surface area (Å²) in [5.74, 6) is 1.37. The topological polar surface area (TPSA) is 47.3 Å². The van der Waals surface area contributed by atoms with Crippen molar-refractivity contribution >= 4 is 0 Å². The van der Waals surface area contributed by atoms with Crippen LogP contribution >= 0.6 is 0 Å². The van der Waals surface area contributed by atoms with E-state index in [4.69, 9.17) is 10.5 Å². The Morgan fingerprint density at radius 1 is 1.26 bits per heavy atom. The smallest absolute Gasteiger partial charge is 0.127 e. The van der Waals surface area contributed by atoms with Crippen LogP contribution in [-0.2, 0) is 0 Å². The summed E-state index contributed by atoms with van der Waals surface area (Å²) >= 11 is 0. The molecule has 0 heterocycles. The van der Waals surface area contributed by atoms with Crippen LogP contribution in [0.1, 0.15) is 41.6 Å². The molecule has 19 heavy (non-hydrogen) atoms. The molecule has 1 aromatic carbocycles. The highest BCUT2D eigenvalue weighted by atomic mass is 16.5. The summed E-state index contributed by atoms with van der Waals surface area (Å²) in [6.45, 7) is 9.45. The van der Waals surface area contributed by atoms with Gasteiger partial charge in [-0.2, -0.15) is 0 Å². The fraction of sp³-hybridized carbons (Fsp3) is 0.625. The molecule has 0 bridgehead atoms. The number of methoxy groups -OCH3 is 1. The summed E-state index contributed by atoms with van der Waals surface area (Å²) in [6.07, 6.45) is 1.05. The van der Waals surface area contributed by atoms with Gasteiger partial charge in [-0.25, -0.2) is 0 Å². The van der Waals surface area contributed by atoms with Crippen molar-refractivity contribution in [2.24, 2.45) is 11.7 Å². The number of hydrogen-bond acceptors (Lipinski definition) is 3. The molecule has 2 unspecified atom stereocenters. The monoisotopic (exact) mass is 264 g/mol. The maximum absolute atomic E-state index is 6.51. The SMILES string of the molecule is CCC(CNC)C(N)c1c(C)cc(C)c(C)c1OC. The van der Waals surface area contributed by atoms with Crippen LogP contribution in [0, 0.1) is 26.7 Å². The number of nitrogens with one attached hydrogen (secondary N) is 1. The quantitative estimate of drug-likeness (QED) is 0.830. The molecule has 1 rings (SSSR count). The molecule has 0 spiro atoms. The van der Waals surface area contributed by atoms with Gasteiger partial charge in [0.25, 0.3) is 0 Å². The Kier molecular flexibility index (Phi) is 5.83. The van der Waals surface area contributed by atoms with Crippen molar-refractivity contribution in [2.45, 2.75) is 40.2 Å². The molecule has 0 fully saturated rings. The Morgan fingerprint density at radius 3 is 2.37 bits per heavy atom. The fourth-order valence-corrected chi connectivity index (χ4v) is 2.77. The van der Waals surface area contributed by atoms with Crippen molar-refractivity contribution in [3.05, 3.63) is 28.3 Å². The molecule has 3 heteroatoms. The third kappa shape index (κ3) is 3.28. The second-order valence-electron chi connectivity index (χ2n) is 5.33. The minimum absolute atomic E-state index is 0.00620. The summed E-state index contributed by atoms with van der Waals surface area (Å²) in [5.41, 5.74) is 11.3. The van der Waals surface area contributed by atoms with Gasteiger partial charge in [-0.1, -0.05) is 19.4 Å². The van der Waals surface area contributed by atoms with E-state index in [0.29, 0.717) is 5.92 Å². The Labute approximate surface area is 117 Å². The standard InChI is InChI=1S/C16H28N2O/c1-7-13(9-18-5)15(17)14-11(3)8-10(2)12(4)16(14)19-6/h8,13,15,18H,7,9,17H2,1-6H3. The molecule has 0 saturated carbocycles. The summed E-state index contributed by atoms with van der Waals surface area (Å²) < 4.78 is 5.63. The van der Waals surface area contributed by atoms with Gasteiger partial charge in [0.2, 0.25) is 0 Å². The van der Waals surface area contributed by atoms with E-state index in [-0.39, 0.29) is 6.04 Å². The fourth-order valence-electron chi connectivity index (χ4n) is 2.77. The molecule has 0 aliphatic carbocycles. The lowest BCUT2D eigenvalue weighted by molar-refractivity contribution is 0.368. The zero-order chi connectivity index (χ0) is 14.6. The van der Waals surface area contributed by atoms with Gasteiger partial charge in [0, 0.05) is 11.6 Å². The summed E-state index contributed by atoms with van der Waals surface area (Å²) in [4.78, 5) is 0. The molecule has 0 radical (unpaired) electrons. The lowest BCUT2D eigenvalue weighted by Crippen LogP contribution is -2.30. The Morgan fingerprint density at radius 2 is 1.89 bits per heavy atom. The Bertz CT molecular complexity index is 429. The molecule has 108 valence electrons. The van der Waals surface area contributed by atoms with Crippen molar-refractivity contribution in [1.82, 2.24) is 5.32 Å². The van der Waals surface area contributed by atoms with Gasteiger partial charge in [-0.15, -0.1) is 0 Å². The van der Waals surface area contributed by atoms with Gasteiger partial charge in [0.1, 0.15) is 5.75 Å². The normalized spacial score (nSPS) is 14.3. The average molecular weight is 264 g/mol. The first-order valence-corrected chi connectivity index (χ1v) is 7.02. The highest BCUT2D eigenvalue weighted by Gasteiger charge is 2.24. The Balaban J connectivity index is 3.28. The third-order valence-corrected chi connectivity index (χ3v) is 4.07. The number of ether oxygens (including phenoxy) is 1. The zero-order valence-electron chi connectivity index (χ0n) is 13.1. The van der Waals surface area contributed by atoms with E-state index in [1.807, 2.05) is 7.05 Å². The van der Waals surface area contributed by atoms with Crippen molar-refractivity contribution in [3.63, 3.8) is 0 Å². The summed E-state index contributed by atoms with van der Waals surface area (Å²) in [5, 5.41) is 3.23.